The molecule has 0 aliphatic carbocycles. The average Bonchev–Trinajstić information content (AvgIpc) is 3.28. The van der Waals surface area contributed by atoms with Gasteiger partial charge in [0.2, 0.25) is 0 Å². The van der Waals surface area contributed by atoms with Gasteiger partial charge in [-0.25, -0.2) is 0 Å². The Morgan fingerprint density at radius 3 is 1.40 bits per heavy atom. The Kier molecular flexibility index (Phi) is 44.5. The molecule has 2 atom stereocenters. The molecule has 1 rings (SSSR count). The number of rotatable bonds is 47. The maximum absolute atomic E-state index is 12.4. The van der Waals surface area contributed by atoms with Crippen LogP contribution in [0.25, 0.3) is 0 Å². The van der Waals surface area contributed by atoms with Gasteiger partial charge in [-0.1, -0.05) is 154 Å². The molecule has 0 saturated carbocycles. The first-order valence-corrected chi connectivity index (χ1v) is 27.3. The molecule has 0 bridgehead atoms. The minimum absolute atomic E-state index is 0.0627. The van der Waals surface area contributed by atoms with E-state index < -0.39 is 0 Å². The van der Waals surface area contributed by atoms with Gasteiger partial charge in [-0.05, 0) is 135 Å². The number of hydrogen-bond donors (Lipinski definition) is 2. The van der Waals surface area contributed by atoms with E-state index in [-0.39, 0.29) is 24.0 Å². The van der Waals surface area contributed by atoms with E-state index in [9.17, 15) is 14.7 Å². The highest BCUT2D eigenvalue weighted by Gasteiger charge is 2.19. The SMILES string of the molecule is CCCCCCCC/C=C\CCCCCCCC(=O)OCCCCCC(O)C(CCCCOC(=O)CCCCCCC/C=C\CCCCCCCC)CNCCN1CCCCC1. The molecule has 1 fully saturated rings. The van der Waals surface area contributed by atoms with Crippen molar-refractivity contribution in [3.63, 3.8) is 0 Å². The number of likely N-dealkylation sites (tertiary alicyclic amines) is 1. The summed E-state index contributed by atoms with van der Waals surface area (Å²) in [6.45, 7) is 10.8. The number of hydrogen-bond acceptors (Lipinski definition) is 7. The zero-order valence-corrected chi connectivity index (χ0v) is 41.3. The van der Waals surface area contributed by atoms with E-state index in [0.29, 0.717) is 26.1 Å². The molecule has 1 aliphatic rings. The molecular formula is C55H104N2O5. The molecule has 0 aromatic rings. The second-order valence-corrected chi connectivity index (χ2v) is 18.9. The highest BCUT2D eigenvalue weighted by atomic mass is 16.5. The third-order valence-electron chi connectivity index (χ3n) is 12.9. The van der Waals surface area contributed by atoms with Crippen molar-refractivity contribution in [2.45, 2.75) is 264 Å². The monoisotopic (exact) mass is 873 g/mol. The number of nitrogens with zero attached hydrogens (tertiary/aromatic N) is 1. The Morgan fingerprint density at radius 2 is 0.919 bits per heavy atom. The fourth-order valence-electron chi connectivity index (χ4n) is 8.71. The first-order valence-electron chi connectivity index (χ1n) is 27.3. The van der Waals surface area contributed by atoms with Crippen LogP contribution in [0.2, 0.25) is 0 Å². The number of esters is 2. The first kappa shape index (κ1) is 58.3. The lowest BCUT2D eigenvalue weighted by molar-refractivity contribution is -0.144. The molecular weight excluding hydrogens is 769 g/mol. The minimum Gasteiger partial charge on any atom is -0.466 e. The molecule has 2 N–H and O–H groups in total. The van der Waals surface area contributed by atoms with Gasteiger partial charge in [0.15, 0.2) is 0 Å². The third-order valence-corrected chi connectivity index (χ3v) is 12.9. The Labute approximate surface area is 385 Å². The van der Waals surface area contributed by atoms with Crippen molar-refractivity contribution in [3.05, 3.63) is 24.3 Å². The van der Waals surface area contributed by atoms with Gasteiger partial charge in [0.05, 0.1) is 19.3 Å². The van der Waals surface area contributed by atoms with Crippen LogP contribution in [0.5, 0.6) is 0 Å². The van der Waals surface area contributed by atoms with E-state index in [2.05, 4.69) is 48.4 Å². The normalized spacial score (nSPS) is 14.6. The van der Waals surface area contributed by atoms with Crippen molar-refractivity contribution in [1.29, 1.82) is 0 Å². The minimum atomic E-state index is -0.357. The van der Waals surface area contributed by atoms with Crippen LogP contribution in [0.4, 0.5) is 0 Å². The summed E-state index contributed by atoms with van der Waals surface area (Å²) in [6.07, 6.45) is 53.0. The van der Waals surface area contributed by atoms with Gasteiger partial charge >= 0.3 is 11.9 Å². The van der Waals surface area contributed by atoms with Crippen LogP contribution < -0.4 is 5.32 Å². The maximum Gasteiger partial charge on any atom is 0.305 e. The van der Waals surface area contributed by atoms with Crippen molar-refractivity contribution in [1.82, 2.24) is 10.2 Å². The van der Waals surface area contributed by atoms with Crippen LogP contribution in [0.15, 0.2) is 24.3 Å². The Morgan fingerprint density at radius 1 is 0.516 bits per heavy atom. The van der Waals surface area contributed by atoms with Crippen LogP contribution in [-0.4, -0.2) is 74.0 Å². The fraction of sp³-hybridized carbons (Fsp3) is 0.891. The Balaban J connectivity index is 2.12. The zero-order valence-electron chi connectivity index (χ0n) is 41.3. The molecule has 1 heterocycles. The molecule has 0 aromatic carbocycles. The summed E-state index contributed by atoms with van der Waals surface area (Å²) in [7, 11) is 0. The second-order valence-electron chi connectivity index (χ2n) is 18.9. The number of unbranched alkanes of at least 4 members (excludes halogenated alkanes) is 25. The number of nitrogens with one attached hydrogen (secondary N) is 1. The number of piperidine rings is 1. The van der Waals surface area contributed by atoms with Crippen molar-refractivity contribution in [2.75, 3.05) is 45.9 Å². The van der Waals surface area contributed by atoms with Crippen LogP contribution in [0.1, 0.15) is 258 Å². The number of aliphatic hydroxyl groups excluding tert-OH is 1. The van der Waals surface area contributed by atoms with Crippen LogP contribution in [-0.2, 0) is 19.1 Å². The number of carbonyl (C=O) groups is 2. The molecule has 7 nitrogen and oxygen atoms in total. The fourth-order valence-corrected chi connectivity index (χ4v) is 8.71. The lowest BCUT2D eigenvalue weighted by Crippen LogP contribution is -2.38. The molecule has 0 amide bonds. The summed E-state index contributed by atoms with van der Waals surface area (Å²) in [5.74, 6) is 0.0616. The van der Waals surface area contributed by atoms with Crippen molar-refractivity contribution in [2.24, 2.45) is 5.92 Å². The van der Waals surface area contributed by atoms with Gasteiger partial charge in [0.1, 0.15) is 0 Å². The molecule has 7 heteroatoms. The molecule has 2 unspecified atom stereocenters. The molecule has 62 heavy (non-hydrogen) atoms. The van der Waals surface area contributed by atoms with Gasteiger partial charge in [0, 0.05) is 32.5 Å². The molecule has 0 aromatic heterocycles. The Bertz CT molecular complexity index is 1010. The van der Waals surface area contributed by atoms with Crippen molar-refractivity contribution in [3.8, 4) is 0 Å². The molecule has 0 spiro atoms. The van der Waals surface area contributed by atoms with Gasteiger partial charge in [-0.15, -0.1) is 0 Å². The van der Waals surface area contributed by atoms with E-state index in [1.807, 2.05) is 0 Å². The third kappa shape index (κ3) is 41.0. The van der Waals surface area contributed by atoms with Crippen LogP contribution in [0, 0.1) is 5.92 Å². The molecule has 0 radical (unpaired) electrons. The molecule has 364 valence electrons. The number of allylic oxidation sites excluding steroid dienone is 4. The summed E-state index contributed by atoms with van der Waals surface area (Å²) in [4.78, 5) is 27.2. The van der Waals surface area contributed by atoms with E-state index in [0.717, 1.165) is 90.3 Å². The number of ether oxygens (including phenoxy) is 2. The standard InChI is InChI=1S/C55H104N2O5/c1-3-5-7-9-11-13-15-17-19-21-23-25-27-29-34-43-54(59)61-49-39-31-33-42-53(58)52(51-56-45-48-57-46-37-32-38-47-57)41-36-40-50-62-55(60)44-35-30-28-26-24-22-20-18-16-14-12-10-8-6-4-2/h17-20,52-53,56,58H,3-16,21-51H2,1-2H3/b19-17-,20-18-. The van der Waals surface area contributed by atoms with Gasteiger partial charge in [-0.2, -0.15) is 0 Å². The summed E-state index contributed by atoms with van der Waals surface area (Å²) < 4.78 is 11.1. The highest BCUT2D eigenvalue weighted by Crippen LogP contribution is 2.19. The predicted molar refractivity (Wildman–Crippen MR) is 266 cm³/mol. The predicted octanol–water partition coefficient (Wildman–Crippen LogP) is 14.9. The van der Waals surface area contributed by atoms with Crippen LogP contribution in [0.3, 0.4) is 0 Å². The summed E-state index contributed by atoms with van der Waals surface area (Å²) in [5.41, 5.74) is 0. The number of aliphatic hydroxyl groups is 1. The van der Waals surface area contributed by atoms with E-state index in [1.165, 1.54) is 174 Å². The summed E-state index contributed by atoms with van der Waals surface area (Å²) in [5, 5.41) is 14.9. The topological polar surface area (TPSA) is 88.1 Å². The zero-order chi connectivity index (χ0) is 44.7. The lowest BCUT2D eigenvalue weighted by atomic mass is 9.92. The lowest BCUT2D eigenvalue weighted by Gasteiger charge is -2.27. The summed E-state index contributed by atoms with van der Waals surface area (Å²) in [6, 6.07) is 0. The van der Waals surface area contributed by atoms with Gasteiger partial charge < -0.3 is 24.8 Å². The largest absolute Gasteiger partial charge is 0.466 e. The van der Waals surface area contributed by atoms with Crippen molar-refractivity contribution < 1.29 is 24.2 Å². The maximum atomic E-state index is 12.4. The molecule has 1 saturated heterocycles. The van der Waals surface area contributed by atoms with E-state index >= 15 is 0 Å². The average molecular weight is 873 g/mol. The van der Waals surface area contributed by atoms with E-state index in [1.54, 1.807) is 0 Å². The number of carbonyl (C=O) groups excluding carboxylic acids is 2. The van der Waals surface area contributed by atoms with Gasteiger partial charge in [-0.3, -0.25) is 9.59 Å². The second kappa shape index (κ2) is 47.3. The Hall–Kier alpha value is -1.70. The van der Waals surface area contributed by atoms with Crippen molar-refractivity contribution >= 4 is 11.9 Å². The molecule has 1 aliphatic heterocycles. The van der Waals surface area contributed by atoms with E-state index in [4.69, 9.17) is 9.47 Å². The first-order chi connectivity index (χ1) is 30.6. The smallest absolute Gasteiger partial charge is 0.305 e. The summed E-state index contributed by atoms with van der Waals surface area (Å²) >= 11 is 0. The quantitative estimate of drug-likeness (QED) is 0.0358. The van der Waals surface area contributed by atoms with Crippen LogP contribution >= 0.6 is 0 Å². The van der Waals surface area contributed by atoms with Gasteiger partial charge in [0.25, 0.3) is 0 Å². The highest BCUT2D eigenvalue weighted by molar-refractivity contribution is 5.69.